The van der Waals surface area contributed by atoms with Gasteiger partial charge < -0.3 is 20.9 Å². The van der Waals surface area contributed by atoms with Crippen molar-refractivity contribution in [3.05, 3.63) is 41.6 Å². The molecule has 2 aromatic rings. The Balaban J connectivity index is 1.48. The number of benzene rings is 1. The van der Waals surface area contributed by atoms with Gasteiger partial charge in [-0.05, 0) is 42.7 Å². The van der Waals surface area contributed by atoms with Gasteiger partial charge in [0, 0.05) is 37.5 Å². The number of nitrogens with two attached hydrogens (primary N) is 1. The number of aryl methyl sites for hydroxylation is 1. The number of piperidine rings is 1. The number of fused-ring (bicyclic) bond motifs is 2. The summed E-state index contributed by atoms with van der Waals surface area (Å²) >= 11 is 0. The van der Waals surface area contributed by atoms with Crippen LogP contribution in [0.3, 0.4) is 0 Å². The number of nitrogens with zero attached hydrogens (tertiary/aromatic N) is 4. The lowest BCUT2D eigenvalue weighted by molar-refractivity contribution is -0.170. The number of carbonyl (C=O) groups is 2. The van der Waals surface area contributed by atoms with Gasteiger partial charge >= 0.3 is 5.92 Å². The minimum atomic E-state index is -3.36. The van der Waals surface area contributed by atoms with Crippen molar-refractivity contribution in [3.63, 3.8) is 0 Å². The Labute approximate surface area is 178 Å². The van der Waals surface area contributed by atoms with Gasteiger partial charge in [-0.3, -0.25) is 9.59 Å². The molecule has 164 valence electrons. The van der Waals surface area contributed by atoms with Crippen molar-refractivity contribution >= 4 is 29.3 Å². The lowest BCUT2D eigenvalue weighted by Crippen LogP contribution is -2.72. The summed E-state index contributed by atoms with van der Waals surface area (Å²) < 4.78 is 26.9. The Morgan fingerprint density at radius 2 is 1.97 bits per heavy atom. The van der Waals surface area contributed by atoms with Crippen LogP contribution in [0, 0.1) is 0 Å². The Morgan fingerprint density at radius 1 is 1.26 bits per heavy atom. The summed E-state index contributed by atoms with van der Waals surface area (Å²) in [7, 11) is 0. The summed E-state index contributed by atoms with van der Waals surface area (Å²) in [6.07, 6.45) is 3.03. The molecule has 31 heavy (non-hydrogen) atoms. The zero-order valence-corrected chi connectivity index (χ0v) is 17.3. The maximum Gasteiger partial charge on any atom is 0.322 e. The van der Waals surface area contributed by atoms with Gasteiger partial charge in [-0.1, -0.05) is 6.92 Å². The molecule has 8 nitrogen and oxygen atoms in total. The average molecular weight is 430 g/mol. The number of carbonyl (C=O) groups excluding carboxylic acids is 2. The molecule has 1 aromatic heterocycles. The van der Waals surface area contributed by atoms with Crippen LogP contribution in [-0.2, 0) is 11.2 Å². The van der Waals surface area contributed by atoms with Crippen molar-refractivity contribution in [3.8, 4) is 0 Å². The van der Waals surface area contributed by atoms with E-state index >= 15 is 0 Å². The number of alkyl halides is 2. The minimum Gasteiger partial charge on any atom is -0.366 e. The summed E-state index contributed by atoms with van der Waals surface area (Å²) in [5.41, 5.74) is 7.46. The Kier molecular flexibility index (Phi) is 5.24. The zero-order chi connectivity index (χ0) is 22.3. The van der Waals surface area contributed by atoms with E-state index in [4.69, 9.17) is 5.73 Å². The molecule has 2 unspecified atom stereocenters. The molecule has 3 saturated heterocycles. The molecular formula is C21H24F2N6O2. The van der Waals surface area contributed by atoms with Crippen molar-refractivity contribution in [1.29, 1.82) is 0 Å². The van der Waals surface area contributed by atoms with Crippen LogP contribution in [0.5, 0.6) is 0 Å². The monoisotopic (exact) mass is 430 g/mol. The van der Waals surface area contributed by atoms with Crippen LogP contribution in [0.15, 0.2) is 30.5 Å². The highest BCUT2D eigenvalue weighted by atomic mass is 19.3. The third-order valence-corrected chi connectivity index (χ3v) is 5.79. The number of rotatable bonds is 6. The van der Waals surface area contributed by atoms with Crippen molar-refractivity contribution in [1.82, 2.24) is 14.9 Å². The van der Waals surface area contributed by atoms with Gasteiger partial charge in [0.2, 0.25) is 11.9 Å². The number of anilines is 3. The molecule has 3 N–H and O–H groups in total. The Hall–Kier alpha value is -3.30. The third kappa shape index (κ3) is 4.01. The first-order valence-corrected chi connectivity index (χ1v) is 10.2. The van der Waals surface area contributed by atoms with Crippen LogP contribution in [0.2, 0.25) is 0 Å². The maximum absolute atomic E-state index is 13.4. The predicted molar refractivity (Wildman–Crippen MR) is 112 cm³/mol. The molecular weight excluding hydrogens is 406 g/mol. The van der Waals surface area contributed by atoms with Crippen LogP contribution in [0.4, 0.5) is 26.2 Å². The van der Waals surface area contributed by atoms with Crippen LogP contribution in [-0.4, -0.2) is 57.8 Å². The molecule has 3 fully saturated rings. The van der Waals surface area contributed by atoms with E-state index in [1.54, 1.807) is 30.5 Å². The molecule has 5 rings (SSSR count). The van der Waals surface area contributed by atoms with Crippen LogP contribution < -0.4 is 16.0 Å². The van der Waals surface area contributed by atoms with E-state index in [1.165, 1.54) is 4.90 Å². The molecule has 2 amide bonds. The van der Waals surface area contributed by atoms with E-state index in [1.807, 2.05) is 11.8 Å². The first-order valence-electron chi connectivity index (χ1n) is 10.2. The number of hydrogen-bond donors (Lipinski definition) is 2. The molecule has 10 heteroatoms. The topological polar surface area (TPSA) is 104 Å². The quantitative estimate of drug-likeness (QED) is 0.729. The number of nitrogens with one attached hydrogen (secondary N) is 1. The molecule has 2 bridgehead atoms. The second kappa shape index (κ2) is 7.75. The van der Waals surface area contributed by atoms with Gasteiger partial charge in [-0.2, -0.15) is 13.8 Å². The van der Waals surface area contributed by atoms with E-state index in [-0.39, 0.29) is 12.1 Å². The first-order chi connectivity index (χ1) is 14.7. The van der Waals surface area contributed by atoms with Gasteiger partial charge in [-0.25, -0.2) is 4.98 Å². The van der Waals surface area contributed by atoms with Crippen LogP contribution in [0.25, 0.3) is 0 Å². The van der Waals surface area contributed by atoms with Gasteiger partial charge in [0.15, 0.2) is 0 Å². The van der Waals surface area contributed by atoms with Crippen molar-refractivity contribution in [2.24, 2.45) is 5.73 Å². The number of hydrogen-bond acceptors (Lipinski definition) is 6. The van der Waals surface area contributed by atoms with Gasteiger partial charge in [0.1, 0.15) is 5.82 Å². The fourth-order valence-electron chi connectivity index (χ4n) is 4.22. The lowest BCUT2D eigenvalue weighted by Gasteiger charge is -2.56. The number of piperazine rings is 1. The first kappa shape index (κ1) is 21.0. The fraction of sp³-hybridized carbons (Fsp3) is 0.429. The predicted octanol–water partition coefficient (Wildman–Crippen LogP) is 2.33. The lowest BCUT2D eigenvalue weighted by atomic mass is 9.86. The summed E-state index contributed by atoms with van der Waals surface area (Å²) in [6.45, 7) is 3.50. The van der Waals surface area contributed by atoms with Crippen molar-refractivity contribution in [2.45, 2.75) is 44.7 Å². The molecule has 4 heterocycles. The van der Waals surface area contributed by atoms with Crippen LogP contribution in [0.1, 0.15) is 36.2 Å². The van der Waals surface area contributed by atoms with E-state index in [0.717, 1.165) is 17.7 Å². The average Bonchev–Trinajstić information content (AvgIpc) is 2.73. The molecule has 1 aromatic carbocycles. The van der Waals surface area contributed by atoms with E-state index in [2.05, 4.69) is 15.3 Å². The molecule has 0 aliphatic carbocycles. The molecule has 2 atom stereocenters. The van der Waals surface area contributed by atoms with E-state index < -0.39 is 17.7 Å². The molecule has 3 aliphatic heterocycles. The standard InChI is InChI=1S/C21H24F2N6O2/c1-3-12-8-13(18(24)30)4-5-16(12)26-20-25-7-6-17(27-20)28-10-14-9-15(11-28)29(14)19(31)21(2,22)23/h4-8,14-15H,3,9-11H2,1-2H3,(H2,24,30)(H,25,26,27). The summed E-state index contributed by atoms with van der Waals surface area (Å²) in [4.78, 5) is 35.5. The van der Waals surface area contributed by atoms with Gasteiger partial charge in [0.25, 0.3) is 5.91 Å². The van der Waals surface area contributed by atoms with Crippen molar-refractivity contribution < 1.29 is 18.4 Å². The Morgan fingerprint density at radius 3 is 2.58 bits per heavy atom. The minimum absolute atomic E-state index is 0.239. The fourth-order valence-corrected chi connectivity index (χ4v) is 4.22. The van der Waals surface area contributed by atoms with E-state index in [0.29, 0.717) is 43.8 Å². The number of aromatic nitrogens is 2. The largest absolute Gasteiger partial charge is 0.366 e. The highest BCUT2D eigenvalue weighted by molar-refractivity contribution is 5.93. The number of halogens is 2. The molecule has 0 radical (unpaired) electrons. The van der Waals surface area contributed by atoms with Crippen molar-refractivity contribution in [2.75, 3.05) is 23.3 Å². The smallest absolute Gasteiger partial charge is 0.322 e. The van der Waals surface area contributed by atoms with Gasteiger partial charge in [-0.15, -0.1) is 0 Å². The van der Waals surface area contributed by atoms with Crippen LogP contribution >= 0.6 is 0 Å². The Bertz CT molecular complexity index is 1010. The summed E-state index contributed by atoms with van der Waals surface area (Å²) in [5, 5.41) is 3.17. The molecule has 0 spiro atoms. The number of primary amides is 1. The second-order valence-corrected chi connectivity index (χ2v) is 8.00. The normalized spacial score (nSPS) is 20.3. The maximum atomic E-state index is 13.4. The summed E-state index contributed by atoms with van der Waals surface area (Å²) in [6, 6.07) is 6.42. The molecule has 3 aliphatic rings. The zero-order valence-electron chi connectivity index (χ0n) is 17.3. The van der Waals surface area contributed by atoms with E-state index in [9.17, 15) is 18.4 Å². The summed E-state index contributed by atoms with van der Waals surface area (Å²) in [5.74, 6) is -3.91. The highest BCUT2D eigenvalue weighted by Crippen LogP contribution is 2.37. The number of amides is 2. The second-order valence-electron chi connectivity index (χ2n) is 8.00. The third-order valence-electron chi connectivity index (χ3n) is 5.79. The van der Waals surface area contributed by atoms with Gasteiger partial charge in [0.05, 0.1) is 12.1 Å². The SMILES string of the molecule is CCc1cc(C(N)=O)ccc1Nc1nccc(N2CC3CC(C2)N3C(=O)C(C)(F)F)n1. The highest BCUT2D eigenvalue weighted by Gasteiger charge is 2.52. The molecule has 0 saturated carbocycles.